The van der Waals surface area contributed by atoms with Crippen LogP contribution in [0, 0.1) is 17.2 Å². The summed E-state index contributed by atoms with van der Waals surface area (Å²) in [6.07, 6.45) is 1.96. The predicted molar refractivity (Wildman–Crippen MR) is 89.3 cm³/mol. The summed E-state index contributed by atoms with van der Waals surface area (Å²) in [6, 6.07) is 13.3. The van der Waals surface area contributed by atoms with Crippen LogP contribution >= 0.6 is 11.6 Å². The first kappa shape index (κ1) is 15.6. The van der Waals surface area contributed by atoms with Crippen molar-refractivity contribution in [1.82, 2.24) is 5.32 Å². The van der Waals surface area contributed by atoms with Crippen molar-refractivity contribution in [2.24, 2.45) is 5.92 Å². The smallest absolute Gasteiger partial charge is 0.259 e. The highest BCUT2D eigenvalue weighted by Gasteiger charge is 2.43. The Morgan fingerprint density at radius 2 is 2.04 bits per heavy atom. The lowest BCUT2D eigenvalue weighted by molar-refractivity contribution is -0.124. The van der Waals surface area contributed by atoms with Gasteiger partial charge in [0, 0.05) is 15.8 Å². The topological polar surface area (TPSA) is 62.1 Å². The van der Waals surface area contributed by atoms with Crippen LogP contribution in [-0.2, 0) is 4.79 Å². The molecule has 1 unspecified atom stereocenters. The zero-order valence-electron chi connectivity index (χ0n) is 12.8. The molecular weight excluding hydrogens is 312 g/mol. The summed E-state index contributed by atoms with van der Waals surface area (Å²) in [4.78, 5) is 12.1. The van der Waals surface area contributed by atoms with Gasteiger partial charge in [0.1, 0.15) is 11.3 Å². The number of hydrogen-bond acceptors (Lipinski definition) is 3. The molecule has 0 saturated heterocycles. The fraction of sp³-hybridized carbons (Fsp3) is 0.333. The monoisotopic (exact) mass is 328 g/mol. The SMILES string of the molecule is CC(C#N)(NC(=O)COc1ccc(Cl)c2ccccc12)C1CC1. The van der Waals surface area contributed by atoms with Gasteiger partial charge < -0.3 is 10.1 Å². The molecule has 0 heterocycles. The van der Waals surface area contributed by atoms with E-state index in [1.54, 1.807) is 19.1 Å². The molecule has 1 aliphatic carbocycles. The van der Waals surface area contributed by atoms with E-state index in [1.165, 1.54) is 0 Å². The average molecular weight is 329 g/mol. The molecule has 2 aromatic rings. The Morgan fingerprint density at radius 1 is 1.35 bits per heavy atom. The molecule has 0 aromatic heterocycles. The molecule has 118 valence electrons. The molecule has 3 rings (SSSR count). The fourth-order valence-corrected chi connectivity index (χ4v) is 2.94. The first-order chi connectivity index (χ1) is 11.0. The normalized spacial score (nSPS) is 16.4. The van der Waals surface area contributed by atoms with Crippen molar-refractivity contribution < 1.29 is 9.53 Å². The van der Waals surface area contributed by atoms with E-state index in [4.69, 9.17) is 16.3 Å². The third kappa shape index (κ3) is 3.25. The third-order valence-electron chi connectivity index (χ3n) is 4.21. The van der Waals surface area contributed by atoms with E-state index in [0.717, 1.165) is 23.6 Å². The van der Waals surface area contributed by atoms with Crippen molar-refractivity contribution in [1.29, 1.82) is 5.26 Å². The van der Waals surface area contributed by atoms with Crippen LogP contribution in [0.3, 0.4) is 0 Å². The maximum absolute atomic E-state index is 12.1. The maximum atomic E-state index is 12.1. The number of carbonyl (C=O) groups excluding carboxylic acids is 1. The molecule has 0 bridgehead atoms. The quantitative estimate of drug-likeness (QED) is 0.910. The van der Waals surface area contributed by atoms with Crippen LogP contribution in [0.15, 0.2) is 36.4 Å². The Balaban J connectivity index is 1.70. The molecule has 2 aromatic carbocycles. The second-order valence-corrected chi connectivity index (χ2v) is 6.42. The second kappa shape index (κ2) is 6.10. The van der Waals surface area contributed by atoms with Gasteiger partial charge in [-0.1, -0.05) is 35.9 Å². The number of amides is 1. The van der Waals surface area contributed by atoms with Gasteiger partial charge in [0.15, 0.2) is 6.61 Å². The van der Waals surface area contributed by atoms with E-state index in [1.807, 2.05) is 24.3 Å². The van der Waals surface area contributed by atoms with Crippen LogP contribution in [0.25, 0.3) is 10.8 Å². The molecule has 5 heteroatoms. The highest BCUT2D eigenvalue weighted by atomic mass is 35.5. The van der Waals surface area contributed by atoms with Gasteiger partial charge in [0.05, 0.1) is 6.07 Å². The van der Waals surface area contributed by atoms with Crippen molar-refractivity contribution in [2.75, 3.05) is 6.61 Å². The van der Waals surface area contributed by atoms with Gasteiger partial charge in [-0.2, -0.15) is 5.26 Å². The van der Waals surface area contributed by atoms with Crippen molar-refractivity contribution in [3.8, 4) is 11.8 Å². The molecule has 1 fully saturated rings. The molecule has 1 N–H and O–H groups in total. The van der Waals surface area contributed by atoms with Crippen LogP contribution in [-0.4, -0.2) is 18.1 Å². The minimum Gasteiger partial charge on any atom is -0.483 e. The standard InChI is InChI=1S/C18H17ClN2O2/c1-18(11-20,12-6-7-12)21-17(22)10-23-16-9-8-15(19)13-4-2-3-5-14(13)16/h2-5,8-9,12H,6-7,10H2,1H3,(H,21,22). The number of rotatable bonds is 5. The summed E-state index contributed by atoms with van der Waals surface area (Å²) >= 11 is 6.17. The number of hydrogen-bond donors (Lipinski definition) is 1. The van der Waals surface area contributed by atoms with Crippen molar-refractivity contribution >= 4 is 28.3 Å². The summed E-state index contributed by atoms with van der Waals surface area (Å²) in [6.45, 7) is 1.63. The van der Waals surface area contributed by atoms with Crippen LogP contribution < -0.4 is 10.1 Å². The largest absolute Gasteiger partial charge is 0.483 e. The summed E-state index contributed by atoms with van der Waals surface area (Å²) in [5, 5.41) is 14.4. The average Bonchev–Trinajstić information content (AvgIpc) is 3.40. The predicted octanol–water partition coefficient (Wildman–Crippen LogP) is 3.68. The molecular formula is C18H17ClN2O2. The molecule has 4 nitrogen and oxygen atoms in total. The van der Waals surface area contributed by atoms with Crippen LogP contribution in [0.4, 0.5) is 0 Å². The van der Waals surface area contributed by atoms with E-state index >= 15 is 0 Å². The van der Waals surface area contributed by atoms with Gasteiger partial charge in [-0.05, 0) is 37.8 Å². The summed E-state index contributed by atoms with van der Waals surface area (Å²) in [5.41, 5.74) is -0.803. The highest BCUT2D eigenvalue weighted by molar-refractivity contribution is 6.35. The number of carbonyl (C=O) groups is 1. The number of nitrogens with one attached hydrogen (secondary N) is 1. The van der Waals surface area contributed by atoms with Crippen molar-refractivity contribution in [3.63, 3.8) is 0 Å². The Morgan fingerprint density at radius 3 is 2.70 bits per heavy atom. The van der Waals surface area contributed by atoms with Gasteiger partial charge in [-0.25, -0.2) is 0 Å². The highest BCUT2D eigenvalue weighted by Crippen LogP contribution is 2.39. The van der Waals surface area contributed by atoms with Crippen LogP contribution in [0.2, 0.25) is 5.02 Å². The summed E-state index contributed by atoms with van der Waals surface area (Å²) in [7, 11) is 0. The second-order valence-electron chi connectivity index (χ2n) is 6.02. The minimum absolute atomic E-state index is 0.129. The minimum atomic E-state index is -0.803. The lowest BCUT2D eigenvalue weighted by Crippen LogP contribution is -2.48. The molecule has 0 aliphatic heterocycles. The number of fused-ring (bicyclic) bond motifs is 1. The van der Waals surface area contributed by atoms with E-state index < -0.39 is 5.54 Å². The molecule has 1 aliphatic rings. The van der Waals surface area contributed by atoms with Gasteiger partial charge in [-0.15, -0.1) is 0 Å². The number of benzene rings is 2. The Labute approximate surface area is 140 Å². The van der Waals surface area contributed by atoms with Gasteiger partial charge >= 0.3 is 0 Å². The molecule has 23 heavy (non-hydrogen) atoms. The zero-order valence-corrected chi connectivity index (χ0v) is 13.6. The number of nitriles is 1. The van der Waals surface area contributed by atoms with E-state index in [0.29, 0.717) is 10.8 Å². The summed E-state index contributed by atoms with van der Waals surface area (Å²) < 4.78 is 5.65. The van der Waals surface area contributed by atoms with Crippen molar-refractivity contribution in [2.45, 2.75) is 25.3 Å². The number of halogens is 1. The first-order valence-corrected chi connectivity index (χ1v) is 7.93. The van der Waals surface area contributed by atoms with Gasteiger partial charge in [0.2, 0.25) is 0 Å². The van der Waals surface area contributed by atoms with E-state index in [-0.39, 0.29) is 18.4 Å². The molecule has 0 radical (unpaired) electrons. The Kier molecular flexibility index (Phi) is 4.14. The van der Waals surface area contributed by atoms with E-state index in [2.05, 4.69) is 11.4 Å². The number of ether oxygens (including phenoxy) is 1. The molecule has 1 atom stereocenters. The Hall–Kier alpha value is -2.25. The van der Waals surface area contributed by atoms with Gasteiger partial charge in [0.25, 0.3) is 5.91 Å². The van der Waals surface area contributed by atoms with Gasteiger partial charge in [-0.3, -0.25) is 4.79 Å². The third-order valence-corrected chi connectivity index (χ3v) is 4.54. The lowest BCUT2D eigenvalue weighted by Gasteiger charge is -2.22. The molecule has 1 amide bonds. The molecule has 0 spiro atoms. The van der Waals surface area contributed by atoms with E-state index in [9.17, 15) is 10.1 Å². The lowest BCUT2D eigenvalue weighted by atomic mass is 9.98. The first-order valence-electron chi connectivity index (χ1n) is 7.56. The maximum Gasteiger partial charge on any atom is 0.259 e. The van der Waals surface area contributed by atoms with Crippen molar-refractivity contribution in [3.05, 3.63) is 41.4 Å². The Bertz CT molecular complexity index is 795. The zero-order chi connectivity index (χ0) is 16.4. The van der Waals surface area contributed by atoms with Crippen LogP contribution in [0.1, 0.15) is 19.8 Å². The molecule has 1 saturated carbocycles. The summed E-state index contributed by atoms with van der Waals surface area (Å²) in [5.74, 6) is 0.554. The number of nitrogens with zero attached hydrogens (tertiary/aromatic N) is 1. The fourth-order valence-electron chi connectivity index (χ4n) is 2.71. The van der Waals surface area contributed by atoms with Crippen LogP contribution in [0.5, 0.6) is 5.75 Å².